The van der Waals surface area contributed by atoms with E-state index < -0.39 is 5.97 Å². The van der Waals surface area contributed by atoms with E-state index in [9.17, 15) is 9.59 Å². The Kier molecular flexibility index (Phi) is 4.85. The molecule has 7 heteroatoms. The number of hydrogen-bond acceptors (Lipinski definition) is 6. The van der Waals surface area contributed by atoms with Gasteiger partial charge in [0.05, 0.1) is 24.1 Å². The average Bonchev–Trinajstić information content (AvgIpc) is 3.04. The van der Waals surface area contributed by atoms with Crippen LogP contribution in [0.25, 0.3) is 10.7 Å². The molecule has 0 saturated heterocycles. The smallest absolute Gasteiger partial charge is 0.337 e. The van der Waals surface area contributed by atoms with E-state index in [-0.39, 0.29) is 5.91 Å². The van der Waals surface area contributed by atoms with Gasteiger partial charge in [0.2, 0.25) is 0 Å². The van der Waals surface area contributed by atoms with E-state index in [4.69, 9.17) is 0 Å². The van der Waals surface area contributed by atoms with Crippen LogP contribution >= 0.6 is 11.3 Å². The molecular weight excluding hydrogens is 338 g/mol. The number of anilines is 1. The fourth-order valence-electron chi connectivity index (χ4n) is 2.20. The Morgan fingerprint density at radius 1 is 1.12 bits per heavy atom. The predicted molar refractivity (Wildman–Crippen MR) is 95.8 cm³/mol. The van der Waals surface area contributed by atoms with Gasteiger partial charge in [-0.15, -0.1) is 11.3 Å². The van der Waals surface area contributed by atoms with Gasteiger partial charge in [0.1, 0.15) is 9.88 Å². The molecule has 25 heavy (non-hydrogen) atoms. The third-order valence-corrected chi connectivity index (χ3v) is 4.63. The van der Waals surface area contributed by atoms with Gasteiger partial charge in [0.15, 0.2) is 0 Å². The Hall–Kier alpha value is -3.06. The van der Waals surface area contributed by atoms with Crippen LogP contribution in [0.15, 0.2) is 48.7 Å². The van der Waals surface area contributed by atoms with Crippen LogP contribution in [-0.2, 0) is 4.74 Å². The van der Waals surface area contributed by atoms with Crippen LogP contribution in [0.4, 0.5) is 5.69 Å². The molecule has 2 heterocycles. The highest BCUT2D eigenvalue weighted by Crippen LogP contribution is 2.27. The van der Waals surface area contributed by atoms with Crippen molar-refractivity contribution in [1.82, 2.24) is 9.97 Å². The number of methoxy groups -OCH3 is 1. The molecule has 6 nitrogen and oxygen atoms in total. The monoisotopic (exact) mass is 353 g/mol. The van der Waals surface area contributed by atoms with Crippen molar-refractivity contribution in [2.24, 2.45) is 0 Å². The minimum Gasteiger partial charge on any atom is -0.465 e. The predicted octanol–water partition coefficient (Wildman–Crippen LogP) is 3.55. The van der Waals surface area contributed by atoms with Crippen molar-refractivity contribution in [3.8, 4) is 10.7 Å². The number of ether oxygens (including phenoxy) is 1. The summed E-state index contributed by atoms with van der Waals surface area (Å²) < 4.78 is 4.65. The Morgan fingerprint density at radius 3 is 2.52 bits per heavy atom. The quantitative estimate of drug-likeness (QED) is 0.726. The number of esters is 1. The first-order valence-electron chi connectivity index (χ1n) is 7.47. The summed E-state index contributed by atoms with van der Waals surface area (Å²) in [7, 11) is 1.32. The average molecular weight is 353 g/mol. The zero-order valence-electron chi connectivity index (χ0n) is 13.6. The third-order valence-electron chi connectivity index (χ3n) is 3.45. The second-order valence-corrected chi connectivity index (χ2v) is 6.17. The van der Waals surface area contributed by atoms with E-state index in [1.807, 2.05) is 18.2 Å². The van der Waals surface area contributed by atoms with Crippen molar-refractivity contribution in [3.63, 3.8) is 0 Å². The number of aryl methyl sites for hydroxylation is 1. The summed E-state index contributed by atoms with van der Waals surface area (Å²) in [6, 6.07) is 12.1. The van der Waals surface area contributed by atoms with E-state index in [0.29, 0.717) is 26.8 Å². The summed E-state index contributed by atoms with van der Waals surface area (Å²) in [5.74, 6) is -0.667. The molecule has 0 aliphatic heterocycles. The van der Waals surface area contributed by atoms with E-state index in [1.165, 1.54) is 18.4 Å². The van der Waals surface area contributed by atoms with Crippen LogP contribution in [0.2, 0.25) is 0 Å². The van der Waals surface area contributed by atoms with E-state index in [2.05, 4.69) is 20.0 Å². The summed E-state index contributed by atoms with van der Waals surface area (Å²) in [4.78, 5) is 33.1. The molecule has 3 aromatic rings. The standard InChI is InChI=1S/C18H15N3O3S/c1-11-15(25-17(20-11)14-5-3-4-10-19-14)16(22)21-13-8-6-12(7-9-13)18(23)24-2/h3-10H,1-2H3,(H,21,22). The Labute approximate surface area is 148 Å². The molecule has 0 unspecified atom stereocenters. The first-order valence-corrected chi connectivity index (χ1v) is 8.28. The Bertz CT molecular complexity index is 905. The van der Waals surface area contributed by atoms with E-state index >= 15 is 0 Å². The number of carbonyl (C=O) groups excluding carboxylic acids is 2. The number of nitrogens with zero attached hydrogens (tertiary/aromatic N) is 2. The molecule has 1 N–H and O–H groups in total. The van der Waals surface area contributed by atoms with Gasteiger partial charge in [0, 0.05) is 11.9 Å². The van der Waals surface area contributed by atoms with Crippen LogP contribution in [0, 0.1) is 6.92 Å². The number of pyridine rings is 1. The first kappa shape index (κ1) is 16.8. The lowest BCUT2D eigenvalue weighted by Gasteiger charge is -2.05. The maximum Gasteiger partial charge on any atom is 0.337 e. The third kappa shape index (κ3) is 3.72. The fraction of sp³-hybridized carbons (Fsp3) is 0.111. The number of hydrogen-bond donors (Lipinski definition) is 1. The number of nitrogens with one attached hydrogen (secondary N) is 1. The molecule has 1 aromatic carbocycles. The number of aromatic nitrogens is 2. The maximum atomic E-state index is 12.5. The topological polar surface area (TPSA) is 81.2 Å². The van der Waals surface area contributed by atoms with Crippen LogP contribution < -0.4 is 5.32 Å². The van der Waals surface area contributed by atoms with Gasteiger partial charge < -0.3 is 10.1 Å². The lowest BCUT2D eigenvalue weighted by molar-refractivity contribution is 0.0600. The zero-order chi connectivity index (χ0) is 17.8. The van der Waals surface area contributed by atoms with Crippen molar-refractivity contribution in [2.45, 2.75) is 6.92 Å². The van der Waals surface area contributed by atoms with Gasteiger partial charge in [-0.1, -0.05) is 6.07 Å². The molecular formula is C18H15N3O3S. The van der Waals surface area contributed by atoms with Gasteiger partial charge in [-0.3, -0.25) is 9.78 Å². The summed E-state index contributed by atoms with van der Waals surface area (Å²) in [6.45, 7) is 1.79. The zero-order valence-corrected chi connectivity index (χ0v) is 14.5. The lowest BCUT2D eigenvalue weighted by Crippen LogP contribution is -2.11. The largest absolute Gasteiger partial charge is 0.465 e. The summed E-state index contributed by atoms with van der Waals surface area (Å²) in [6.07, 6.45) is 1.69. The number of rotatable bonds is 4. The van der Waals surface area contributed by atoms with Gasteiger partial charge in [-0.2, -0.15) is 0 Å². The molecule has 0 atom stereocenters. The number of carbonyl (C=O) groups is 2. The number of benzene rings is 1. The van der Waals surface area contributed by atoms with Crippen molar-refractivity contribution >= 4 is 28.9 Å². The molecule has 0 saturated carbocycles. The first-order chi connectivity index (χ1) is 12.1. The van der Waals surface area contributed by atoms with Gasteiger partial charge in [-0.05, 0) is 43.3 Å². The second-order valence-electron chi connectivity index (χ2n) is 5.17. The molecule has 0 radical (unpaired) electrons. The highest BCUT2D eigenvalue weighted by molar-refractivity contribution is 7.17. The minimum absolute atomic E-state index is 0.247. The SMILES string of the molecule is COC(=O)c1ccc(NC(=O)c2sc(-c3ccccn3)nc2C)cc1. The fourth-order valence-corrected chi connectivity index (χ4v) is 3.14. The van der Waals surface area contributed by atoms with Crippen molar-refractivity contribution < 1.29 is 14.3 Å². The van der Waals surface area contributed by atoms with Crippen molar-refractivity contribution in [2.75, 3.05) is 12.4 Å². The molecule has 0 fully saturated rings. The van der Waals surface area contributed by atoms with Gasteiger partial charge in [0.25, 0.3) is 5.91 Å². The molecule has 126 valence electrons. The molecule has 3 rings (SSSR count). The molecule has 2 aromatic heterocycles. The van der Waals surface area contributed by atoms with Crippen LogP contribution in [-0.4, -0.2) is 29.0 Å². The number of thiazole rings is 1. The number of amides is 1. The van der Waals surface area contributed by atoms with Crippen molar-refractivity contribution in [3.05, 3.63) is 64.8 Å². The highest BCUT2D eigenvalue weighted by Gasteiger charge is 2.17. The molecule has 1 amide bonds. The minimum atomic E-state index is -0.420. The summed E-state index contributed by atoms with van der Waals surface area (Å²) in [5, 5.41) is 3.51. The van der Waals surface area contributed by atoms with Gasteiger partial charge in [-0.25, -0.2) is 9.78 Å². The lowest BCUT2D eigenvalue weighted by atomic mass is 10.2. The van der Waals surface area contributed by atoms with Crippen LogP contribution in [0.5, 0.6) is 0 Å². The molecule has 0 bridgehead atoms. The van der Waals surface area contributed by atoms with Crippen LogP contribution in [0.3, 0.4) is 0 Å². The van der Waals surface area contributed by atoms with Crippen molar-refractivity contribution in [1.29, 1.82) is 0 Å². The molecule has 0 aliphatic rings. The van der Waals surface area contributed by atoms with Crippen LogP contribution in [0.1, 0.15) is 25.7 Å². The second kappa shape index (κ2) is 7.23. The van der Waals surface area contributed by atoms with E-state index in [1.54, 1.807) is 37.4 Å². The van der Waals surface area contributed by atoms with E-state index in [0.717, 1.165) is 5.69 Å². The highest BCUT2D eigenvalue weighted by atomic mass is 32.1. The summed E-state index contributed by atoms with van der Waals surface area (Å²) in [5.41, 5.74) is 2.39. The summed E-state index contributed by atoms with van der Waals surface area (Å²) >= 11 is 1.29. The Balaban J connectivity index is 1.78. The van der Waals surface area contributed by atoms with Gasteiger partial charge >= 0.3 is 5.97 Å². The Morgan fingerprint density at radius 2 is 1.88 bits per heavy atom. The molecule has 0 spiro atoms. The normalized spacial score (nSPS) is 10.3. The molecule has 0 aliphatic carbocycles. The maximum absolute atomic E-state index is 12.5.